The molecule has 0 saturated heterocycles. The van der Waals surface area contributed by atoms with Crippen LogP contribution in [0.25, 0.3) is 0 Å². The molecule has 0 aliphatic carbocycles. The van der Waals surface area contributed by atoms with Gasteiger partial charge < -0.3 is 5.32 Å². The molecule has 7 nitrogen and oxygen atoms in total. The van der Waals surface area contributed by atoms with E-state index in [4.69, 9.17) is 0 Å². The van der Waals surface area contributed by atoms with Gasteiger partial charge in [0.2, 0.25) is 10.0 Å². The molecule has 8 heteroatoms. The quantitative estimate of drug-likeness (QED) is 0.861. The lowest BCUT2D eigenvalue weighted by Crippen LogP contribution is -2.32. The van der Waals surface area contributed by atoms with Crippen molar-refractivity contribution in [2.75, 3.05) is 11.9 Å². The molecule has 1 aromatic carbocycles. The number of carbonyl (C=O) groups is 1. The summed E-state index contributed by atoms with van der Waals surface area (Å²) in [6.07, 6.45) is 4.25. The molecule has 24 heavy (non-hydrogen) atoms. The topological polar surface area (TPSA) is 101 Å². The van der Waals surface area contributed by atoms with Crippen molar-refractivity contribution in [3.8, 4) is 0 Å². The van der Waals surface area contributed by atoms with Gasteiger partial charge in [0, 0.05) is 24.6 Å². The third-order valence-electron chi connectivity index (χ3n) is 3.01. The van der Waals surface area contributed by atoms with Gasteiger partial charge in [-0.15, -0.1) is 0 Å². The van der Waals surface area contributed by atoms with Crippen LogP contribution in [0.2, 0.25) is 0 Å². The average Bonchev–Trinajstić information content (AvgIpc) is 2.54. The maximum absolute atomic E-state index is 12.2. The van der Waals surface area contributed by atoms with Crippen LogP contribution in [-0.2, 0) is 10.0 Å². The van der Waals surface area contributed by atoms with E-state index in [0.717, 1.165) is 0 Å². The van der Waals surface area contributed by atoms with Gasteiger partial charge in [-0.3, -0.25) is 9.78 Å². The van der Waals surface area contributed by atoms with Gasteiger partial charge in [0.1, 0.15) is 5.69 Å². The summed E-state index contributed by atoms with van der Waals surface area (Å²) in [5, 5.41) is 2.64. The zero-order valence-corrected chi connectivity index (χ0v) is 14.6. The van der Waals surface area contributed by atoms with Crippen molar-refractivity contribution in [1.29, 1.82) is 0 Å². The van der Waals surface area contributed by atoms with Crippen LogP contribution in [0.4, 0.5) is 5.69 Å². The minimum absolute atomic E-state index is 0.143. The number of sulfonamides is 1. The van der Waals surface area contributed by atoms with E-state index in [1.807, 2.05) is 20.8 Å². The van der Waals surface area contributed by atoms with Crippen molar-refractivity contribution in [1.82, 2.24) is 14.7 Å². The Bertz CT molecular complexity index is 797. The third kappa shape index (κ3) is 5.10. The van der Waals surface area contributed by atoms with Crippen LogP contribution in [0.15, 0.2) is 47.8 Å². The second kappa shape index (κ2) is 7.06. The predicted molar refractivity (Wildman–Crippen MR) is 91.1 cm³/mol. The van der Waals surface area contributed by atoms with Gasteiger partial charge in [0.25, 0.3) is 5.91 Å². The first kappa shape index (κ1) is 18.0. The lowest BCUT2D eigenvalue weighted by molar-refractivity contribution is 0.102. The molecule has 0 atom stereocenters. The zero-order chi connectivity index (χ0) is 17.8. The normalized spacial score (nSPS) is 12.0. The van der Waals surface area contributed by atoms with E-state index in [1.54, 1.807) is 0 Å². The highest BCUT2D eigenvalue weighted by Gasteiger charge is 2.18. The number of aromatic nitrogens is 2. The standard InChI is InChI=1S/C16H20N4O3S/c1-16(2,3)11-19-24(22,23)13-6-4-12(5-7-13)20-15(21)14-10-17-8-9-18-14/h4-10,19H,11H2,1-3H3,(H,20,21). The highest BCUT2D eigenvalue weighted by molar-refractivity contribution is 7.89. The summed E-state index contributed by atoms with van der Waals surface area (Å²) < 4.78 is 27.0. The highest BCUT2D eigenvalue weighted by Crippen LogP contribution is 2.17. The van der Waals surface area contributed by atoms with E-state index in [9.17, 15) is 13.2 Å². The fourth-order valence-corrected chi connectivity index (χ4v) is 3.01. The van der Waals surface area contributed by atoms with E-state index in [-0.39, 0.29) is 16.0 Å². The molecule has 1 aromatic heterocycles. The van der Waals surface area contributed by atoms with E-state index >= 15 is 0 Å². The van der Waals surface area contributed by atoms with Gasteiger partial charge in [-0.1, -0.05) is 20.8 Å². The van der Waals surface area contributed by atoms with Crippen LogP contribution in [0.1, 0.15) is 31.3 Å². The lowest BCUT2D eigenvalue weighted by atomic mass is 9.98. The molecule has 2 rings (SSSR count). The number of anilines is 1. The Hall–Kier alpha value is -2.32. The van der Waals surface area contributed by atoms with Crippen molar-refractivity contribution in [3.63, 3.8) is 0 Å². The predicted octanol–water partition coefficient (Wildman–Crippen LogP) is 2.05. The fourth-order valence-electron chi connectivity index (χ4n) is 1.72. The molecule has 1 amide bonds. The van der Waals surface area contributed by atoms with Gasteiger partial charge in [-0.2, -0.15) is 0 Å². The summed E-state index contributed by atoms with van der Waals surface area (Å²) in [5.41, 5.74) is 0.499. The molecule has 1 heterocycles. The molecule has 0 radical (unpaired) electrons. The molecular formula is C16H20N4O3S. The largest absolute Gasteiger partial charge is 0.321 e. The first-order valence-electron chi connectivity index (χ1n) is 7.34. The van der Waals surface area contributed by atoms with Gasteiger partial charge in [-0.05, 0) is 29.7 Å². The monoisotopic (exact) mass is 348 g/mol. The maximum atomic E-state index is 12.2. The number of amides is 1. The summed E-state index contributed by atoms with van der Waals surface area (Å²) in [4.78, 5) is 19.8. The first-order valence-corrected chi connectivity index (χ1v) is 8.83. The van der Waals surface area contributed by atoms with E-state index in [0.29, 0.717) is 12.2 Å². The zero-order valence-electron chi connectivity index (χ0n) is 13.8. The van der Waals surface area contributed by atoms with E-state index < -0.39 is 15.9 Å². The SMILES string of the molecule is CC(C)(C)CNS(=O)(=O)c1ccc(NC(=O)c2cnccn2)cc1. The van der Waals surface area contributed by atoms with Gasteiger partial charge >= 0.3 is 0 Å². The molecule has 0 saturated carbocycles. The Balaban J connectivity index is 2.06. The number of nitrogens with one attached hydrogen (secondary N) is 2. The number of nitrogens with zero attached hydrogens (tertiary/aromatic N) is 2. The van der Waals surface area contributed by atoms with E-state index in [2.05, 4.69) is 20.0 Å². The third-order valence-corrected chi connectivity index (χ3v) is 4.43. The summed E-state index contributed by atoms with van der Waals surface area (Å²) in [5.74, 6) is -0.412. The Morgan fingerprint density at radius 3 is 2.33 bits per heavy atom. The van der Waals surface area contributed by atoms with Gasteiger partial charge in [0.05, 0.1) is 11.1 Å². The summed E-state index contributed by atoms with van der Waals surface area (Å²) in [6.45, 7) is 6.17. The number of rotatable bonds is 5. The number of hydrogen-bond donors (Lipinski definition) is 2. The molecule has 0 aliphatic heterocycles. The highest BCUT2D eigenvalue weighted by atomic mass is 32.2. The van der Waals surface area contributed by atoms with Crippen LogP contribution >= 0.6 is 0 Å². The molecule has 0 spiro atoms. The van der Waals surface area contributed by atoms with Crippen LogP contribution in [0.3, 0.4) is 0 Å². The number of benzene rings is 1. The first-order chi connectivity index (χ1) is 11.2. The Kier molecular flexibility index (Phi) is 5.30. The molecule has 2 N–H and O–H groups in total. The molecular weight excluding hydrogens is 328 g/mol. The molecule has 2 aromatic rings. The van der Waals surface area contributed by atoms with Crippen molar-refractivity contribution in [3.05, 3.63) is 48.5 Å². The van der Waals surface area contributed by atoms with Crippen LogP contribution in [0, 0.1) is 5.41 Å². The smallest absolute Gasteiger partial charge is 0.275 e. The Morgan fingerprint density at radius 2 is 1.79 bits per heavy atom. The summed E-state index contributed by atoms with van der Waals surface area (Å²) in [6, 6.07) is 5.94. The minimum Gasteiger partial charge on any atom is -0.321 e. The Labute approximate surface area is 141 Å². The van der Waals surface area contributed by atoms with Gasteiger partial charge in [0.15, 0.2) is 0 Å². The minimum atomic E-state index is -3.58. The maximum Gasteiger partial charge on any atom is 0.275 e. The van der Waals surface area contributed by atoms with Crippen LogP contribution < -0.4 is 10.0 Å². The molecule has 0 bridgehead atoms. The number of carbonyl (C=O) groups excluding carboxylic acids is 1. The number of hydrogen-bond acceptors (Lipinski definition) is 5. The molecule has 0 unspecified atom stereocenters. The van der Waals surface area contributed by atoms with Crippen molar-refractivity contribution < 1.29 is 13.2 Å². The van der Waals surface area contributed by atoms with E-state index in [1.165, 1.54) is 42.9 Å². The average molecular weight is 348 g/mol. The molecule has 0 fully saturated rings. The lowest BCUT2D eigenvalue weighted by Gasteiger charge is -2.18. The van der Waals surface area contributed by atoms with Crippen LogP contribution in [0.5, 0.6) is 0 Å². The van der Waals surface area contributed by atoms with Crippen LogP contribution in [-0.4, -0.2) is 30.8 Å². The summed E-state index contributed by atoms with van der Waals surface area (Å²) in [7, 11) is -3.58. The summed E-state index contributed by atoms with van der Waals surface area (Å²) >= 11 is 0. The van der Waals surface area contributed by atoms with Gasteiger partial charge in [-0.25, -0.2) is 18.1 Å². The van der Waals surface area contributed by atoms with Crippen molar-refractivity contribution in [2.24, 2.45) is 5.41 Å². The van der Waals surface area contributed by atoms with Crippen molar-refractivity contribution >= 4 is 21.6 Å². The second-order valence-electron chi connectivity index (χ2n) is 6.45. The fraction of sp³-hybridized carbons (Fsp3) is 0.312. The molecule has 0 aliphatic rings. The molecule has 128 valence electrons. The second-order valence-corrected chi connectivity index (χ2v) is 8.22. The van der Waals surface area contributed by atoms with Crippen molar-refractivity contribution in [2.45, 2.75) is 25.7 Å². The Morgan fingerprint density at radius 1 is 1.12 bits per heavy atom.